The Labute approximate surface area is 187 Å². The molecule has 0 radical (unpaired) electrons. The van der Waals surface area contributed by atoms with E-state index in [1.807, 2.05) is 27.7 Å². The van der Waals surface area contributed by atoms with Gasteiger partial charge in [-0.2, -0.15) is 0 Å². The van der Waals surface area contributed by atoms with Crippen molar-refractivity contribution in [3.8, 4) is 5.75 Å². The minimum absolute atomic E-state index is 0.0672. The van der Waals surface area contributed by atoms with Gasteiger partial charge in [0, 0.05) is 17.7 Å². The van der Waals surface area contributed by atoms with Crippen LogP contribution < -0.4 is 4.74 Å². The van der Waals surface area contributed by atoms with Gasteiger partial charge in [0.2, 0.25) is 0 Å². The summed E-state index contributed by atoms with van der Waals surface area (Å²) in [5.41, 5.74) is 0.277. The lowest BCUT2D eigenvalue weighted by molar-refractivity contribution is -0.140. The van der Waals surface area contributed by atoms with Crippen molar-refractivity contribution in [2.75, 3.05) is 13.2 Å². The van der Waals surface area contributed by atoms with Crippen molar-refractivity contribution < 1.29 is 28.6 Å². The maximum atomic E-state index is 14.8. The summed E-state index contributed by atoms with van der Waals surface area (Å²) in [6.45, 7) is 7.71. The maximum Gasteiger partial charge on any atom is 0.295 e. The smallest absolute Gasteiger partial charge is 0.295 e. The Balaban J connectivity index is 2.10. The number of halogens is 1. The fourth-order valence-corrected chi connectivity index (χ4v) is 3.66. The van der Waals surface area contributed by atoms with Crippen molar-refractivity contribution in [1.82, 2.24) is 4.90 Å². The average Bonchev–Trinajstić information content (AvgIpc) is 2.98. The molecule has 3 rings (SSSR count). The lowest BCUT2D eigenvalue weighted by atomic mass is 9.95. The number of aliphatic hydroxyl groups is 1. The fraction of sp³-hybridized carbons (Fsp3) is 0.360. The Kier molecular flexibility index (Phi) is 7.30. The first kappa shape index (κ1) is 23.5. The second-order valence-corrected chi connectivity index (χ2v) is 8.13. The normalized spacial score (nSPS) is 18.1. The van der Waals surface area contributed by atoms with Gasteiger partial charge in [-0.05, 0) is 45.9 Å². The second-order valence-electron chi connectivity index (χ2n) is 8.13. The van der Waals surface area contributed by atoms with Crippen molar-refractivity contribution in [1.29, 1.82) is 0 Å². The number of likely N-dealkylation sites (tertiary alicyclic amines) is 1. The molecule has 0 aliphatic carbocycles. The third kappa shape index (κ3) is 4.99. The number of Topliss-reactive ketones (excluding diaryl/α,β-unsaturated/α-hetero) is 1. The van der Waals surface area contributed by atoms with Crippen molar-refractivity contribution >= 4 is 17.4 Å². The number of benzene rings is 2. The van der Waals surface area contributed by atoms with Crippen molar-refractivity contribution in [3.05, 3.63) is 71.0 Å². The molecular formula is C25H28FNO5. The molecule has 1 heterocycles. The molecule has 1 saturated heterocycles. The number of amides is 1. The van der Waals surface area contributed by atoms with E-state index in [4.69, 9.17) is 9.47 Å². The number of hydrogen-bond acceptors (Lipinski definition) is 5. The molecule has 1 fully saturated rings. The molecule has 1 aliphatic rings. The molecule has 2 aromatic carbocycles. The van der Waals surface area contributed by atoms with Gasteiger partial charge < -0.3 is 19.5 Å². The molecule has 7 heteroatoms. The highest BCUT2D eigenvalue weighted by molar-refractivity contribution is 6.46. The number of aliphatic hydroxyl groups excluding tert-OH is 1. The average molecular weight is 441 g/mol. The molecule has 0 spiro atoms. The number of ether oxygens (including phenoxy) is 2. The quantitative estimate of drug-likeness (QED) is 0.372. The Morgan fingerprint density at radius 3 is 2.44 bits per heavy atom. The second kappa shape index (κ2) is 9.96. The molecule has 1 N–H and O–H groups in total. The topological polar surface area (TPSA) is 76.1 Å². The maximum absolute atomic E-state index is 14.8. The van der Waals surface area contributed by atoms with Crippen LogP contribution in [0.25, 0.3) is 5.76 Å². The number of hydrogen-bond donors (Lipinski definition) is 1. The molecule has 2 aromatic rings. The summed E-state index contributed by atoms with van der Waals surface area (Å²) in [7, 11) is 0. The molecule has 1 aliphatic heterocycles. The predicted octanol–water partition coefficient (Wildman–Crippen LogP) is 4.46. The van der Waals surface area contributed by atoms with E-state index in [2.05, 4.69) is 0 Å². The summed E-state index contributed by atoms with van der Waals surface area (Å²) in [6, 6.07) is 11.5. The highest BCUT2D eigenvalue weighted by Crippen LogP contribution is 2.40. The first-order valence-electron chi connectivity index (χ1n) is 10.6. The first-order valence-corrected chi connectivity index (χ1v) is 10.6. The van der Waals surface area contributed by atoms with Crippen LogP contribution in [0.2, 0.25) is 0 Å². The predicted molar refractivity (Wildman–Crippen MR) is 119 cm³/mol. The van der Waals surface area contributed by atoms with Gasteiger partial charge >= 0.3 is 0 Å². The van der Waals surface area contributed by atoms with Gasteiger partial charge in [-0.25, -0.2) is 4.39 Å². The summed E-state index contributed by atoms with van der Waals surface area (Å²) in [5.74, 6) is -2.11. The van der Waals surface area contributed by atoms with Gasteiger partial charge in [0.25, 0.3) is 11.7 Å². The SMILES string of the molecule is CC(C)OCCN1C(=O)C(=O)/C(=C(\O)c2cccc(OC(C)C)c2)C1c1ccccc1F. The molecule has 170 valence electrons. The Bertz CT molecular complexity index is 1030. The van der Waals surface area contributed by atoms with Crippen LogP contribution in [-0.4, -0.2) is 47.1 Å². The highest BCUT2D eigenvalue weighted by atomic mass is 19.1. The third-order valence-electron chi connectivity index (χ3n) is 5.00. The van der Waals surface area contributed by atoms with E-state index < -0.39 is 23.5 Å². The van der Waals surface area contributed by atoms with Crippen molar-refractivity contribution in [2.45, 2.75) is 45.9 Å². The summed E-state index contributed by atoms with van der Waals surface area (Å²) in [5, 5.41) is 11.1. The standard InChI is InChI=1S/C25H28FNO5/c1-15(2)31-13-12-27-22(19-10-5-6-11-20(19)26)21(24(29)25(27)30)23(28)17-8-7-9-18(14-17)32-16(3)4/h5-11,14-16,22,28H,12-13H2,1-4H3/b23-21-. The molecule has 32 heavy (non-hydrogen) atoms. The molecule has 1 unspecified atom stereocenters. The van der Waals surface area contributed by atoms with E-state index in [9.17, 15) is 19.1 Å². The Morgan fingerprint density at radius 2 is 1.78 bits per heavy atom. The van der Waals surface area contributed by atoms with E-state index in [0.717, 1.165) is 0 Å². The van der Waals surface area contributed by atoms with Gasteiger partial charge in [0.05, 0.1) is 30.4 Å². The van der Waals surface area contributed by atoms with Crippen LogP contribution in [0.4, 0.5) is 4.39 Å². The Hall–Kier alpha value is -3.19. The van der Waals surface area contributed by atoms with Gasteiger partial charge in [-0.3, -0.25) is 9.59 Å². The van der Waals surface area contributed by atoms with Crippen LogP contribution in [0.3, 0.4) is 0 Å². The molecule has 0 bridgehead atoms. The van der Waals surface area contributed by atoms with Gasteiger partial charge in [0.15, 0.2) is 0 Å². The lowest BCUT2D eigenvalue weighted by Gasteiger charge is -2.26. The third-order valence-corrected chi connectivity index (χ3v) is 5.00. The van der Waals surface area contributed by atoms with E-state index >= 15 is 0 Å². The molecule has 1 atom stereocenters. The number of carbonyl (C=O) groups is 2. The molecule has 0 aromatic heterocycles. The van der Waals surface area contributed by atoms with Crippen molar-refractivity contribution in [2.24, 2.45) is 0 Å². The fourth-order valence-electron chi connectivity index (χ4n) is 3.66. The van der Waals surface area contributed by atoms with E-state index in [1.165, 1.54) is 23.1 Å². The molecule has 1 amide bonds. The minimum Gasteiger partial charge on any atom is -0.507 e. The van der Waals surface area contributed by atoms with Crippen LogP contribution in [0, 0.1) is 5.82 Å². The highest BCUT2D eigenvalue weighted by Gasteiger charge is 2.46. The van der Waals surface area contributed by atoms with Crippen LogP contribution in [-0.2, 0) is 14.3 Å². The van der Waals surface area contributed by atoms with E-state index in [0.29, 0.717) is 11.3 Å². The van der Waals surface area contributed by atoms with Crippen LogP contribution >= 0.6 is 0 Å². The molecule has 6 nitrogen and oxygen atoms in total. The summed E-state index contributed by atoms with van der Waals surface area (Å²) in [4.78, 5) is 27.1. The van der Waals surface area contributed by atoms with Crippen LogP contribution in [0.15, 0.2) is 54.1 Å². The summed E-state index contributed by atoms with van der Waals surface area (Å²) in [6.07, 6.45) is -0.153. The minimum atomic E-state index is -1.07. The van der Waals surface area contributed by atoms with Gasteiger partial charge in [0.1, 0.15) is 17.3 Å². The zero-order chi connectivity index (χ0) is 23.4. The monoisotopic (exact) mass is 441 g/mol. The zero-order valence-electron chi connectivity index (χ0n) is 18.7. The number of nitrogens with zero attached hydrogens (tertiary/aromatic N) is 1. The number of ketones is 1. The zero-order valence-corrected chi connectivity index (χ0v) is 18.7. The van der Waals surface area contributed by atoms with Gasteiger partial charge in [-0.1, -0.05) is 30.3 Å². The van der Waals surface area contributed by atoms with E-state index in [1.54, 1.807) is 30.3 Å². The largest absolute Gasteiger partial charge is 0.507 e. The van der Waals surface area contributed by atoms with Crippen LogP contribution in [0.1, 0.15) is 44.9 Å². The van der Waals surface area contributed by atoms with Crippen LogP contribution in [0.5, 0.6) is 5.75 Å². The first-order chi connectivity index (χ1) is 15.2. The van der Waals surface area contributed by atoms with E-state index in [-0.39, 0.29) is 42.3 Å². The number of carbonyl (C=O) groups excluding carboxylic acids is 2. The van der Waals surface area contributed by atoms with Gasteiger partial charge in [-0.15, -0.1) is 0 Å². The molecular weight excluding hydrogens is 413 g/mol. The summed E-state index contributed by atoms with van der Waals surface area (Å²) >= 11 is 0. The number of rotatable bonds is 8. The lowest BCUT2D eigenvalue weighted by Crippen LogP contribution is -2.33. The molecule has 0 saturated carbocycles. The van der Waals surface area contributed by atoms with Crippen molar-refractivity contribution in [3.63, 3.8) is 0 Å². The Morgan fingerprint density at radius 1 is 1.06 bits per heavy atom. The summed E-state index contributed by atoms with van der Waals surface area (Å²) < 4.78 is 26.0.